The van der Waals surface area contributed by atoms with Crippen LogP contribution in [-0.4, -0.2) is 37.1 Å². The van der Waals surface area contributed by atoms with Gasteiger partial charge in [0.1, 0.15) is 0 Å². The van der Waals surface area contributed by atoms with Crippen LogP contribution < -0.4 is 10.6 Å². The van der Waals surface area contributed by atoms with Crippen LogP contribution in [0.5, 0.6) is 0 Å². The minimum Gasteiger partial charge on any atom is -0.381 e. The molecular formula is C11H12F3N3O. The highest BCUT2D eigenvalue weighted by Gasteiger charge is 2.19. The van der Waals surface area contributed by atoms with Gasteiger partial charge >= 0.3 is 6.03 Å². The summed E-state index contributed by atoms with van der Waals surface area (Å²) in [5.41, 5.74) is -0.117. The van der Waals surface area contributed by atoms with Crippen LogP contribution in [0.4, 0.5) is 23.7 Å². The second kappa shape index (κ2) is 5.16. The number of urea groups is 1. The first kappa shape index (κ1) is 12.5. The first-order valence-corrected chi connectivity index (χ1v) is 5.49. The van der Waals surface area contributed by atoms with Crippen molar-refractivity contribution in [2.24, 2.45) is 0 Å². The van der Waals surface area contributed by atoms with Crippen LogP contribution in [0, 0.1) is 17.5 Å². The number of nitrogens with zero attached hydrogens (tertiary/aromatic N) is 1. The van der Waals surface area contributed by atoms with Crippen LogP contribution in [0.2, 0.25) is 0 Å². The third-order valence-corrected chi connectivity index (χ3v) is 2.68. The van der Waals surface area contributed by atoms with Gasteiger partial charge < -0.3 is 15.5 Å². The summed E-state index contributed by atoms with van der Waals surface area (Å²) in [5.74, 6) is -3.98. The summed E-state index contributed by atoms with van der Waals surface area (Å²) < 4.78 is 38.9. The van der Waals surface area contributed by atoms with Gasteiger partial charge in [0.25, 0.3) is 0 Å². The molecule has 0 saturated carbocycles. The van der Waals surface area contributed by atoms with Crippen molar-refractivity contribution in [3.63, 3.8) is 0 Å². The normalized spacial score (nSPS) is 14.8. The first-order chi connectivity index (χ1) is 8.59. The minimum atomic E-state index is -1.50. The van der Waals surface area contributed by atoms with Gasteiger partial charge in [0.15, 0.2) is 17.5 Å². The Morgan fingerprint density at radius 2 is 2.06 bits per heavy atom. The third-order valence-electron chi connectivity index (χ3n) is 2.68. The van der Waals surface area contributed by atoms with E-state index in [9.17, 15) is 18.0 Å². The standard InChI is InChI=1S/C11H12F3N3O/c12-7-1-2-8(10(14)9(7)13)15-3-5-17-6-4-16-11(17)18/h1-2,15H,3-6H2,(H,16,18). The largest absolute Gasteiger partial charge is 0.381 e. The van der Waals surface area contributed by atoms with E-state index in [4.69, 9.17) is 0 Å². The maximum atomic E-state index is 13.3. The highest BCUT2D eigenvalue weighted by Crippen LogP contribution is 2.19. The Bertz CT molecular complexity index is 467. The molecule has 1 aromatic rings. The maximum Gasteiger partial charge on any atom is 0.317 e. The Morgan fingerprint density at radius 3 is 2.72 bits per heavy atom. The third kappa shape index (κ3) is 2.49. The van der Waals surface area contributed by atoms with Crippen LogP contribution in [0.3, 0.4) is 0 Å². The average molecular weight is 259 g/mol. The van der Waals surface area contributed by atoms with Crippen LogP contribution in [0.15, 0.2) is 12.1 Å². The predicted octanol–water partition coefficient (Wildman–Crippen LogP) is 1.54. The van der Waals surface area contributed by atoms with Gasteiger partial charge in [-0.2, -0.15) is 0 Å². The molecule has 0 bridgehead atoms. The Kier molecular flexibility index (Phi) is 3.59. The zero-order valence-electron chi connectivity index (χ0n) is 9.47. The van der Waals surface area contributed by atoms with Crippen LogP contribution in [-0.2, 0) is 0 Å². The molecule has 0 aliphatic carbocycles. The quantitative estimate of drug-likeness (QED) is 0.806. The molecule has 1 heterocycles. The van der Waals surface area contributed by atoms with Crippen molar-refractivity contribution in [1.29, 1.82) is 0 Å². The Balaban J connectivity index is 1.90. The van der Waals surface area contributed by atoms with E-state index in [2.05, 4.69) is 10.6 Å². The Hall–Kier alpha value is -1.92. The molecule has 98 valence electrons. The van der Waals surface area contributed by atoms with Crippen molar-refractivity contribution in [2.75, 3.05) is 31.5 Å². The summed E-state index contributed by atoms with van der Waals surface area (Å²) in [7, 11) is 0. The van der Waals surface area contributed by atoms with Crippen molar-refractivity contribution < 1.29 is 18.0 Å². The molecule has 18 heavy (non-hydrogen) atoms. The number of hydrogen-bond acceptors (Lipinski definition) is 2. The lowest BCUT2D eigenvalue weighted by atomic mass is 10.3. The molecule has 2 rings (SSSR count). The second-order valence-corrected chi connectivity index (χ2v) is 3.87. The van der Waals surface area contributed by atoms with Gasteiger partial charge in [-0.05, 0) is 12.1 Å². The lowest BCUT2D eigenvalue weighted by molar-refractivity contribution is 0.219. The van der Waals surface area contributed by atoms with E-state index in [1.165, 1.54) is 0 Å². The monoisotopic (exact) mass is 259 g/mol. The van der Waals surface area contributed by atoms with Crippen molar-refractivity contribution in [1.82, 2.24) is 10.2 Å². The fraction of sp³-hybridized carbons (Fsp3) is 0.364. The summed E-state index contributed by atoms with van der Waals surface area (Å²) >= 11 is 0. The Morgan fingerprint density at radius 1 is 1.28 bits per heavy atom. The summed E-state index contributed by atoms with van der Waals surface area (Å²) in [4.78, 5) is 12.7. The Labute approximate surface area is 102 Å². The summed E-state index contributed by atoms with van der Waals surface area (Å²) in [6.07, 6.45) is 0. The van der Waals surface area contributed by atoms with Gasteiger partial charge in [0.05, 0.1) is 5.69 Å². The number of carbonyl (C=O) groups is 1. The van der Waals surface area contributed by atoms with Crippen molar-refractivity contribution in [3.05, 3.63) is 29.6 Å². The van der Waals surface area contributed by atoms with E-state index < -0.39 is 17.5 Å². The molecule has 0 spiro atoms. The van der Waals surface area contributed by atoms with Gasteiger partial charge in [-0.3, -0.25) is 0 Å². The molecule has 4 nitrogen and oxygen atoms in total. The predicted molar refractivity (Wildman–Crippen MR) is 59.8 cm³/mol. The minimum absolute atomic E-state index is 0.117. The first-order valence-electron chi connectivity index (χ1n) is 5.49. The van der Waals surface area contributed by atoms with Gasteiger partial charge in [0.2, 0.25) is 0 Å². The zero-order valence-corrected chi connectivity index (χ0v) is 9.47. The topological polar surface area (TPSA) is 44.4 Å². The fourth-order valence-electron chi connectivity index (χ4n) is 1.71. The number of benzene rings is 1. The molecule has 0 radical (unpaired) electrons. The lowest BCUT2D eigenvalue weighted by Crippen LogP contribution is -2.32. The van der Waals surface area contributed by atoms with Crippen molar-refractivity contribution in [3.8, 4) is 0 Å². The summed E-state index contributed by atoms with van der Waals surface area (Å²) in [5, 5.41) is 5.25. The van der Waals surface area contributed by atoms with E-state index >= 15 is 0 Å². The molecule has 1 fully saturated rings. The number of nitrogens with one attached hydrogen (secondary N) is 2. The average Bonchev–Trinajstić information content (AvgIpc) is 2.75. The SMILES string of the molecule is O=C1NCCN1CCNc1ccc(F)c(F)c1F. The van der Waals surface area contributed by atoms with Crippen molar-refractivity contribution in [2.45, 2.75) is 0 Å². The van der Waals surface area contributed by atoms with Crippen LogP contribution in [0.1, 0.15) is 0 Å². The van der Waals surface area contributed by atoms with Gasteiger partial charge in [0, 0.05) is 26.2 Å². The lowest BCUT2D eigenvalue weighted by Gasteiger charge is -2.15. The fourth-order valence-corrected chi connectivity index (χ4v) is 1.71. The molecule has 1 aliphatic heterocycles. The highest BCUT2D eigenvalue weighted by atomic mass is 19.2. The summed E-state index contributed by atoms with van der Waals surface area (Å²) in [6.45, 7) is 1.79. The number of amides is 2. The molecule has 1 aliphatic rings. The smallest absolute Gasteiger partial charge is 0.317 e. The van der Waals surface area contributed by atoms with E-state index in [1.807, 2.05) is 0 Å². The molecular weight excluding hydrogens is 247 g/mol. The summed E-state index contributed by atoms with van der Waals surface area (Å²) in [6, 6.07) is 1.80. The molecule has 7 heteroatoms. The van der Waals surface area contributed by atoms with Crippen molar-refractivity contribution >= 4 is 11.7 Å². The van der Waals surface area contributed by atoms with E-state index in [0.29, 0.717) is 19.6 Å². The van der Waals surface area contributed by atoms with Crippen LogP contribution in [0.25, 0.3) is 0 Å². The molecule has 0 aromatic heterocycles. The molecule has 1 saturated heterocycles. The van der Waals surface area contributed by atoms with Gasteiger partial charge in [-0.25, -0.2) is 18.0 Å². The molecule has 0 atom stereocenters. The molecule has 2 N–H and O–H groups in total. The zero-order chi connectivity index (χ0) is 13.1. The molecule has 2 amide bonds. The second-order valence-electron chi connectivity index (χ2n) is 3.87. The van der Waals surface area contributed by atoms with Gasteiger partial charge in [-0.15, -0.1) is 0 Å². The number of hydrogen-bond donors (Lipinski definition) is 2. The van der Waals surface area contributed by atoms with Gasteiger partial charge in [-0.1, -0.05) is 0 Å². The number of halogens is 3. The number of anilines is 1. The number of rotatable bonds is 4. The molecule has 1 aromatic carbocycles. The maximum absolute atomic E-state index is 13.3. The molecule has 0 unspecified atom stereocenters. The van der Waals surface area contributed by atoms with E-state index in [-0.39, 0.29) is 18.3 Å². The van der Waals surface area contributed by atoms with E-state index in [1.54, 1.807) is 4.90 Å². The highest BCUT2D eigenvalue weighted by molar-refractivity contribution is 5.76. The number of carbonyl (C=O) groups excluding carboxylic acids is 1. The van der Waals surface area contributed by atoms with Crippen LogP contribution >= 0.6 is 0 Å². The van der Waals surface area contributed by atoms with E-state index in [0.717, 1.165) is 12.1 Å².